The first-order chi connectivity index (χ1) is 15.5. The number of nitrogens with two attached hydrogens (primary N) is 1. The lowest BCUT2D eigenvalue weighted by Gasteiger charge is -2.25. The first-order valence-corrected chi connectivity index (χ1v) is 10.9. The molecule has 3 N–H and O–H groups in total. The van der Waals surface area contributed by atoms with Crippen molar-refractivity contribution in [1.29, 1.82) is 0 Å². The van der Waals surface area contributed by atoms with Gasteiger partial charge in [0, 0.05) is 23.8 Å². The minimum Gasteiger partial charge on any atom is -0.497 e. The highest BCUT2D eigenvalue weighted by Crippen LogP contribution is 2.24. The normalized spacial score (nSPS) is 18.3. The number of tetrazole rings is 1. The maximum atomic E-state index is 12.7. The van der Waals surface area contributed by atoms with Gasteiger partial charge in [0.2, 0.25) is 5.82 Å². The van der Waals surface area contributed by atoms with Crippen LogP contribution in [-0.2, 0) is 13.1 Å². The Hall–Kier alpha value is -3.33. The van der Waals surface area contributed by atoms with Crippen molar-refractivity contribution < 1.29 is 9.53 Å². The van der Waals surface area contributed by atoms with E-state index < -0.39 is 0 Å². The number of benzene rings is 1. The molecule has 1 amide bonds. The van der Waals surface area contributed by atoms with Gasteiger partial charge in [0.25, 0.3) is 5.91 Å². The third-order valence-corrected chi connectivity index (χ3v) is 5.80. The monoisotopic (exact) mass is 435 g/mol. The Kier molecular flexibility index (Phi) is 6.75. The molecule has 0 unspecified atom stereocenters. The number of rotatable bonds is 7. The standard InChI is InChI=1S/C23H29N7O2/c1-15-10-18(22-27-29-30(28-22)14-16-6-8-19(24)9-7-16)12-21(26-15)23(31)25-13-17-4-3-5-20(11-17)32-2/h3-5,10-12,16,19H,6-9,13-14,24H2,1-2H3,(H,25,31)/t16-,19-. The van der Waals surface area contributed by atoms with Crippen LogP contribution >= 0.6 is 0 Å². The van der Waals surface area contributed by atoms with Gasteiger partial charge in [-0.15, -0.1) is 10.2 Å². The topological polar surface area (TPSA) is 121 Å². The maximum Gasteiger partial charge on any atom is 0.270 e. The van der Waals surface area contributed by atoms with E-state index in [1.54, 1.807) is 18.0 Å². The molecule has 0 bridgehead atoms. The zero-order valence-electron chi connectivity index (χ0n) is 18.5. The van der Waals surface area contributed by atoms with Crippen molar-refractivity contribution in [3.05, 3.63) is 53.3 Å². The molecule has 2 heterocycles. The van der Waals surface area contributed by atoms with Gasteiger partial charge in [-0.25, -0.2) is 4.98 Å². The molecule has 9 nitrogen and oxygen atoms in total. The zero-order chi connectivity index (χ0) is 22.5. The van der Waals surface area contributed by atoms with Gasteiger partial charge in [-0.3, -0.25) is 4.79 Å². The maximum absolute atomic E-state index is 12.7. The Morgan fingerprint density at radius 1 is 1.22 bits per heavy atom. The molecule has 3 aromatic rings. The smallest absolute Gasteiger partial charge is 0.270 e. The fraction of sp³-hybridized carbons (Fsp3) is 0.435. The van der Waals surface area contributed by atoms with Gasteiger partial charge in [0.05, 0.1) is 13.7 Å². The summed E-state index contributed by atoms with van der Waals surface area (Å²) < 4.78 is 5.23. The molecule has 32 heavy (non-hydrogen) atoms. The Morgan fingerprint density at radius 3 is 2.81 bits per heavy atom. The highest BCUT2D eigenvalue weighted by molar-refractivity contribution is 5.93. The lowest BCUT2D eigenvalue weighted by Crippen LogP contribution is -2.28. The summed E-state index contributed by atoms with van der Waals surface area (Å²) in [5.41, 5.74) is 8.70. The van der Waals surface area contributed by atoms with Crippen LogP contribution in [0, 0.1) is 12.8 Å². The quantitative estimate of drug-likeness (QED) is 0.585. The number of carbonyl (C=O) groups is 1. The van der Waals surface area contributed by atoms with E-state index in [2.05, 4.69) is 25.7 Å². The Balaban J connectivity index is 1.43. The van der Waals surface area contributed by atoms with Crippen molar-refractivity contribution in [1.82, 2.24) is 30.5 Å². The van der Waals surface area contributed by atoms with Gasteiger partial charge < -0.3 is 15.8 Å². The molecule has 1 aromatic carbocycles. The number of ether oxygens (including phenoxy) is 1. The van der Waals surface area contributed by atoms with Crippen LogP contribution in [0.4, 0.5) is 0 Å². The molecular weight excluding hydrogens is 406 g/mol. The second-order valence-electron chi connectivity index (χ2n) is 8.37. The highest BCUT2D eigenvalue weighted by Gasteiger charge is 2.20. The Morgan fingerprint density at radius 2 is 2.03 bits per heavy atom. The summed E-state index contributed by atoms with van der Waals surface area (Å²) in [4.78, 5) is 18.8. The largest absolute Gasteiger partial charge is 0.497 e. The third kappa shape index (κ3) is 5.47. The SMILES string of the molecule is COc1cccc(CNC(=O)c2cc(-c3nnn(C[C@H]4CC[C@H](N)CC4)n3)cc(C)n2)c1. The van der Waals surface area contributed by atoms with Crippen LogP contribution in [0.5, 0.6) is 5.75 Å². The van der Waals surface area contributed by atoms with Gasteiger partial charge in [0.15, 0.2) is 0 Å². The number of hydrogen-bond acceptors (Lipinski definition) is 7. The molecule has 0 saturated heterocycles. The fourth-order valence-corrected chi connectivity index (χ4v) is 4.01. The predicted octanol–water partition coefficient (Wildman–Crippen LogP) is 2.50. The predicted molar refractivity (Wildman–Crippen MR) is 120 cm³/mol. The van der Waals surface area contributed by atoms with Crippen LogP contribution in [-0.4, -0.2) is 44.3 Å². The molecule has 9 heteroatoms. The van der Waals surface area contributed by atoms with Gasteiger partial charge in [-0.1, -0.05) is 12.1 Å². The van der Waals surface area contributed by atoms with Gasteiger partial charge in [0.1, 0.15) is 11.4 Å². The molecule has 168 valence electrons. The molecule has 1 saturated carbocycles. The van der Waals surface area contributed by atoms with Crippen molar-refractivity contribution in [2.45, 2.75) is 51.7 Å². The lowest BCUT2D eigenvalue weighted by atomic mass is 9.86. The van der Waals surface area contributed by atoms with Crippen molar-refractivity contribution in [2.24, 2.45) is 11.7 Å². The second kappa shape index (κ2) is 9.86. The van der Waals surface area contributed by atoms with Gasteiger partial charge in [-0.05, 0) is 73.6 Å². The lowest BCUT2D eigenvalue weighted by molar-refractivity contribution is 0.0945. The van der Waals surface area contributed by atoms with E-state index in [4.69, 9.17) is 10.5 Å². The fourth-order valence-electron chi connectivity index (χ4n) is 4.01. The summed E-state index contributed by atoms with van der Waals surface area (Å²) in [5.74, 6) is 1.50. The molecule has 0 radical (unpaired) electrons. The van der Waals surface area contributed by atoms with Crippen LogP contribution in [0.15, 0.2) is 36.4 Å². The average Bonchev–Trinajstić information content (AvgIpc) is 3.27. The van der Waals surface area contributed by atoms with Crippen LogP contribution in [0.3, 0.4) is 0 Å². The van der Waals surface area contributed by atoms with E-state index in [0.29, 0.717) is 35.7 Å². The number of aromatic nitrogens is 5. The second-order valence-corrected chi connectivity index (χ2v) is 8.37. The minimum atomic E-state index is -0.260. The van der Waals surface area contributed by atoms with Crippen molar-refractivity contribution >= 4 is 5.91 Å². The molecule has 1 aliphatic carbocycles. The molecular formula is C23H29N7O2. The average molecular weight is 436 g/mol. The number of amides is 1. The molecule has 0 aliphatic heterocycles. The number of nitrogens with one attached hydrogen (secondary N) is 1. The summed E-state index contributed by atoms with van der Waals surface area (Å²) in [5, 5.41) is 15.9. The summed E-state index contributed by atoms with van der Waals surface area (Å²) >= 11 is 0. The van der Waals surface area contributed by atoms with Crippen LogP contribution in [0.1, 0.15) is 47.4 Å². The first-order valence-electron chi connectivity index (χ1n) is 10.9. The van der Waals surface area contributed by atoms with Crippen molar-refractivity contribution in [2.75, 3.05) is 7.11 Å². The zero-order valence-corrected chi connectivity index (χ0v) is 18.5. The molecule has 2 aromatic heterocycles. The van der Waals surface area contributed by atoms with Crippen molar-refractivity contribution in [3.8, 4) is 17.1 Å². The molecule has 4 rings (SSSR count). The van der Waals surface area contributed by atoms with Crippen LogP contribution in [0.2, 0.25) is 0 Å². The van der Waals surface area contributed by atoms with Gasteiger partial charge >= 0.3 is 0 Å². The van der Waals surface area contributed by atoms with E-state index in [-0.39, 0.29) is 5.91 Å². The highest BCUT2D eigenvalue weighted by atomic mass is 16.5. The minimum absolute atomic E-state index is 0.260. The summed E-state index contributed by atoms with van der Waals surface area (Å²) in [6, 6.07) is 11.5. The number of aryl methyl sites for hydroxylation is 1. The van der Waals surface area contributed by atoms with E-state index in [1.807, 2.05) is 37.3 Å². The number of carbonyl (C=O) groups excluding carboxylic acids is 1. The van der Waals surface area contributed by atoms with Crippen LogP contribution < -0.4 is 15.8 Å². The number of pyridine rings is 1. The summed E-state index contributed by atoms with van der Waals surface area (Å²) in [6.45, 7) is 2.95. The molecule has 0 spiro atoms. The van der Waals surface area contributed by atoms with Crippen molar-refractivity contribution in [3.63, 3.8) is 0 Å². The molecule has 0 atom stereocenters. The van der Waals surface area contributed by atoms with Crippen LogP contribution in [0.25, 0.3) is 11.4 Å². The molecule has 1 aliphatic rings. The summed E-state index contributed by atoms with van der Waals surface area (Å²) in [6.07, 6.45) is 4.27. The first kappa shape index (κ1) is 21.9. The number of hydrogen-bond donors (Lipinski definition) is 2. The number of methoxy groups -OCH3 is 1. The summed E-state index contributed by atoms with van der Waals surface area (Å²) in [7, 11) is 1.62. The van der Waals surface area contributed by atoms with E-state index in [0.717, 1.165) is 49.1 Å². The Bertz CT molecular complexity index is 1070. The third-order valence-electron chi connectivity index (χ3n) is 5.80. The van der Waals surface area contributed by atoms with E-state index in [9.17, 15) is 4.79 Å². The Labute approximate surface area is 187 Å². The van der Waals surface area contributed by atoms with Gasteiger partial charge in [-0.2, -0.15) is 4.80 Å². The van der Waals surface area contributed by atoms with E-state index >= 15 is 0 Å². The molecule has 1 fully saturated rings. The number of nitrogens with zero attached hydrogens (tertiary/aromatic N) is 5. The van der Waals surface area contributed by atoms with E-state index in [1.165, 1.54) is 0 Å².